The Morgan fingerprint density at radius 1 is 1.24 bits per heavy atom. The zero-order chi connectivity index (χ0) is 17.8. The van der Waals surface area contributed by atoms with Gasteiger partial charge in [0, 0.05) is 35.5 Å². The monoisotopic (exact) mass is 352 g/mol. The van der Waals surface area contributed by atoms with Gasteiger partial charge < -0.3 is 9.30 Å². The van der Waals surface area contributed by atoms with E-state index in [2.05, 4.69) is 59.3 Å². The molecule has 0 saturated heterocycles. The van der Waals surface area contributed by atoms with Gasteiger partial charge in [-0.3, -0.25) is 0 Å². The number of aryl methyl sites for hydroxylation is 1. The molecule has 0 aliphatic carbocycles. The first-order valence-electron chi connectivity index (χ1n) is 8.64. The number of hydrogen-bond acceptors (Lipinski definition) is 3. The molecular formula is C21H24N2OS. The fraction of sp³-hybridized carbons (Fsp3) is 0.286. The lowest BCUT2D eigenvalue weighted by Gasteiger charge is -2.10. The minimum Gasteiger partial charge on any atom is -0.501 e. The molecule has 2 aromatic heterocycles. The Morgan fingerprint density at radius 2 is 2.08 bits per heavy atom. The lowest BCUT2D eigenvalue weighted by atomic mass is 10.00. The van der Waals surface area contributed by atoms with Gasteiger partial charge in [-0.05, 0) is 49.5 Å². The Hall–Kier alpha value is -2.33. The Morgan fingerprint density at radius 3 is 2.80 bits per heavy atom. The Kier molecular flexibility index (Phi) is 5.39. The minimum absolute atomic E-state index is 0.901. The van der Waals surface area contributed by atoms with Gasteiger partial charge >= 0.3 is 0 Å². The minimum atomic E-state index is 0.901. The molecule has 0 fully saturated rings. The van der Waals surface area contributed by atoms with Crippen LogP contribution in [0, 0.1) is 0 Å². The summed E-state index contributed by atoms with van der Waals surface area (Å²) in [7, 11) is 1.70. The molecule has 3 nitrogen and oxygen atoms in total. The second kappa shape index (κ2) is 7.70. The van der Waals surface area contributed by atoms with Crippen LogP contribution in [0.15, 0.2) is 54.6 Å². The van der Waals surface area contributed by atoms with Gasteiger partial charge in [0.25, 0.3) is 0 Å². The number of nitrogens with zero attached hydrogens (tertiary/aromatic N) is 2. The summed E-state index contributed by atoms with van der Waals surface area (Å²) in [5.41, 5.74) is 5.03. The number of benzene rings is 1. The first-order valence-corrected chi connectivity index (χ1v) is 9.41. The average Bonchev–Trinajstić information content (AvgIpc) is 3.28. The van der Waals surface area contributed by atoms with Crippen LogP contribution in [0.25, 0.3) is 26.9 Å². The van der Waals surface area contributed by atoms with Crippen LogP contribution in [0.4, 0.5) is 0 Å². The standard InChI is InChI=1S/C21H24N2OS/c1-5-16(11-10-15(3)24-4)19-14-22-25-21(19)18-9-7-8-17-12-13-23(6-2)20(17)18/h7-14H,5-6H2,1-4H3/b15-10+,16-11+. The van der Waals surface area contributed by atoms with E-state index in [1.807, 2.05) is 19.2 Å². The number of allylic oxidation sites excluding steroid dienone is 4. The Balaban J connectivity index is 2.16. The molecule has 4 heteroatoms. The molecule has 0 unspecified atom stereocenters. The third-order valence-electron chi connectivity index (χ3n) is 4.51. The van der Waals surface area contributed by atoms with E-state index in [0.717, 1.165) is 18.7 Å². The molecule has 0 aliphatic heterocycles. The quantitative estimate of drug-likeness (QED) is 0.394. The van der Waals surface area contributed by atoms with Gasteiger partial charge in [-0.1, -0.05) is 31.2 Å². The lowest BCUT2D eigenvalue weighted by molar-refractivity contribution is 0.294. The highest BCUT2D eigenvalue weighted by molar-refractivity contribution is 7.10. The summed E-state index contributed by atoms with van der Waals surface area (Å²) in [5, 5.41) is 1.27. The van der Waals surface area contributed by atoms with E-state index in [4.69, 9.17) is 4.74 Å². The van der Waals surface area contributed by atoms with Crippen molar-refractivity contribution in [2.45, 2.75) is 33.7 Å². The number of ether oxygens (including phenoxy) is 1. The summed E-state index contributed by atoms with van der Waals surface area (Å²) in [5.74, 6) is 0.901. The molecule has 0 spiro atoms. The fourth-order valence-electron chi connectivity index (χ4n) is 3.05. The lowest BCUT2D eigenvalue weighted by Crippen LogP contribution is -1.93. The van der Waals surface area contributed by atoms with E-state index < -0.39 is 0 Å². The summed E-state index contributed by atoms with van der Waals surface area (Å²) in [4.78, 5) is 1.23. The highest BCUT2D eigenvalue weighted by Gasteiger charge is 2.15. The number of rotatable bonds is 6. The van der Waals surface area contributed by atoms with Crippen LogP contribution in [0.5, 0.6) is 0 Å². The van der Waals surface area contributed by atoms with Gasteiger partial charge in [0.1, 0.15) is 0 Å². The van der Waals surface area contributed by atoms with Crippen molar-refractivity contribution in [3.05, 3.63) is 60.1 Å². The zero-order valence-corrected chi connectivity index (χ0v) is 16.1. The topological polar surface area (TPSA) is 27.1 Å². The third-order valence-corrected chi connectivity index (χ3v) is 5.35. The molecule has 0 radical (unpaired) electrons. The van der Waals surface area contributed by atoms with Crippen molar-refractivity contribution in [3.63, 3.8) is 0 Å². The van der Waals surface area contributed by atoms with E-state index in [1.165, 1.54) is 32.5 Å². The summed E-state index contributed by atoms with van der Waals surface area (Å²) in [6, 6.07) is 8.69. The molecule has 2 heterocycles. The van der Waals surface area contributed by atoms with Crippen molar-refractivity contribution < 1.29 is 4.74 Å². The summed E-state index contributed by atoms with van der Waals surface area (Å²) >= 11 is 1.57. The van der Waals surface area contributed by atoms with E-state index in [1.54, 1.807) is 18.6 Å². The molecule has 0 bridgehead atoms. The maximum absolute atomic E-state index is 5.25. The van der Waals surface area contributed by atoms with Gasteiger partial charge in [-0.25, -0.2) is 0 Å². The third kappa shape index (κ3) is 3.40. The smallest absolute Gasteiger partial charge is 0.0924 e. The normalized spacial score (nSPS) is 12.8. The SMILES string of the molecule is CC/C(=C\C=C(/C)OC)c1cnsc1-c1cccc2ccn(CC)c12. The number of hydrogen-bond donors (Lipinski definition) is 0. The molecule has 0 aliphatic rings. The van der Waals surface area contributed by atoms with E-state index in [9.17, 15) is 0 Å². The van der Waals surface area contributed by atoms with Gasteiger partial charge in [0.05, 0.1) is 23.3 Å². The van der Waals surface area contributed by atoms with Crippen LogP contribution in [-0.2, 0) is 11.3 Å². The average molecular weight is 353 g/mol. The van der Waals surface area contributed by atoms with Crippen molar-refractivity contribution in [1.82, 2.24) is 8.94 Å². The molecule has 0 atom stereocenters. The van der Waals surface area contributed by atoms with Gasteiger partial charge in [-0.2, -0.15) is 4.37 Å². The second-order valence-corrected chi connectivity index (χ2v) is 6.74. The first kappa shape index (κ1) is 17.5. The summed E-state index contributed by atoms with van der Waals surface area (Å²) < 4.78 is 12.1. The molecule has 130 valence electrons. The molecule has 3 aromatic rings. The molecule has 1 aromatic carbocycles. The predicted octanol–water partition coefficient (Wildman–Crippen LogP) is 6.13. The number of para-hydroxylation sites is 1. The van der Waals surface area contributed by atoms with Crippen LogP contribution in [-0.4, -0.2) is 16.1 Å². The maximum Gasteiger partial charge on any atom is 0.0924 e. The molecule has 0 N–H and O–H groups in total. The van der Waals surface area contributed by atoms with Crippen LogP contribution >= 0.6 is 11.5 Å². The molecular weight excluding hydrogens is 328 g/mol. The molecule has 25 heavy (non-hydrogen) atoms. The second-order valence-electron chi connectivity index (χ2n) is 5.94. The van der Waals surface area contributed by atoms with Crippen molar-refractivity contribution in [3.8, 4) is 10.4 Å². The van der Waals surface area contributed by atoms with Gasteiger partial charge in [0.15, 0.2) is 0 Å². The summed E-state index contributed by atoms with van der Waals surface area (Å²) in [6.45, 7) is 7.28. The van der Waals surface area contributed by atoms with Gasteiger partial charge in [-0.15, -0.1) is 0 Å². The van der Waals surface area contributed by atoms with Crippen LogP contribution in [0.2, 0.25) is 0 Å². The van der Waals surface area contributed by atoms with E-state index >= 15 is 0 Å². The zero-order valence-electron chi connectivity index (χ0n) is 15.2. The largest absolute Gasteiger partial charge is 0.501 e. The highest BCUT2D eigenvalue weighted by Crippen LogP contribution is 2.38. The number of aromatic nitrogens is 2. The van der Waals surface area contributed by atoms with Crippen molar-refractivity contribution >= 4 is 28.0 Å². The molecule has 3 rings (SSSR count). The van der Waals surface area contributed by atoms with Crippen LogP contribution in [0.1, 0.15) is 32.8 Å². The maximum atomic E-state index is 5.25. The fourth-order valence-corrected chi connectivity index (χ4v) is 3.86. The van der Waals surface area contributed by atoms with Crippen molar-refractivity contribution in [1.29, 1.82) is 0 Å². The highest BCUT2D eigenvalue weighted by atomic mass is 32.1. The van der Waals surface area contributed by atoms with E-state index in [0.29, 0.717) is 0 Å². The van der Waals surface area contributed by atoms with Gasteiger partial charge in [0.2, 0.25) is 0 Å². The molecule has 0 saturated carbocycles. The number of fused-ring (bicyclic) bond motifs is 1. The van der Waals surface area contributed by atoms with Crippen LogP contribution < -0.4 is 0 Å². The van der Waals surface area contributed by atoms with Crippen molar-refractivity contribution in [2.75, 3.05) is 7.11 Å². The predicted molar refractivity (Wildman–Crippen MR) is 108 cm³/mol. The summed E-state index contributed by atoms with van der Waals surface area (Å²) in [6.07, 6.45) is 9.27. The molecule has 0 amide bonds. The van der Waals surface area contributed by atoms with E-state index in [-0.39, 0.29) is 0 Å². The Labute approximate surface area is 153 Å². The van der Waals surface area contributed by atoms with Crippen molar-refractivity contribution in [2.24, 2.45) is 0 Å². The number of methoxy groups -OCH3 is 1. The Bertz CT molecular complexity index is 930. The van der Waals surface area contributed by atoms with Crippen LogP contribution in [0.3, 0.4) is 0 Å². The first-order chi connectivity index (χ1) is 12.2.